The highest BCUT2D eigenvalue weighted by molar-refractivity contribution is 6.30. The van der Waals surface area contributed by atoms with E-state index in [0.29, 0.717) is 22.8 Å². The van der Waals surface area contributed by atoms with Crippen molar-refractivity contribution in [3.05, 3.63) is 100 Å². The lowest BCUT2D eigenvalue weighted by atomic mass is 10.0. The van der Waals surface area contributed by atoms with Gasteiger partial charge in [0.25, 0.3) is 0 Å². The summed E-state index contributed by atoms with van der Waals surface area (Å²) in [4.78, 5) is 0. The first-order valence-electron chi connectivity index (χ1n) is 8.27. The van der Waals surface area contributed by atoms with Gasteiger partial charge in [0, 0.05) is 5.02 Å². The van der Waals surface area contributed by atoms with Crippen molar-refractivity contribution in [3.8, 4) is 17.9 Å². The van der Waals surface area contributed by atoms with Gasteiger partial charge < -0.3 is 4.74 Å². The van der Waals surface area contributed by atoms with E-state index >= 15 is 0 Å². The van der Waals surface area contributed by atoms with Gasteiger partial charge in [0.2, 0.25) is 0 Å². The summed E-state index contributed by atoms with van der Waals surface area (Å²) in [7, 11) is 0. The Balaban J connectivity index is 1.72. The number of ether oxygens (including phenoxy) is 1. The number of nitrogens with zero attached hydrogens (tertiary/aromatic N) is 2. The maximum Gasteiger partial charge on any atom is 0.119 e. The summed E-state index contributed by atoms with van der Waals surface area (Å²) >= 11 is 5.88. The number of hydrogen-bond acceptors (Lipinski definition) is 3. The fraction of sp³-hybridized carbons (Fsp3) is 0.0435. The number of hydrogen-bond donors (Lipinski definition) is 0. The summed E-state index contributed by atoms with van der Waals surface area (Å²) in [6, 6.07) is 26.3. The summed E-state index contributed by atoms with van der Waals surface area (Å²) in [5, 5.41) is 19.2. The second kappa shape index (κ2) is 8.72. The minimum atomic E-state index is 0.455. The van der Waals surface area contributed by atoms with E-state index in [1.165, 1.54) is 0 Å². The highest BCUT2D eigenvalue weighted by Gasteiger charge is 2.03. The van der Waals surface area contributed by atoms with Crippen molar-refractivity contribution in [2.45, 2.75) is 6.61 Å². The largest absolute Gasteiger partial charge is 0.489 e. The van der Waals surface area contributed by atoms with Crippen molar-refractivity contribution >= 4 is 23.3 Å². The van der Waals surface area contributed by atoms with Gasteiger partial charge in [0.1, 0.15) is 12.4 Å². The van der Waals surface area contributed by atoms with Crippen LogP contribution in [0.3, 0.4) is 0 Å². The van der Waals surface area contributed by atoms with Crippen LogP contribution in [0, 0.1) is 22.7 Å². The molecule has 0 amide bonds. The second-order valence-corrected chi connectivity index (χ2v) is 6.28. The maximum atomic E-state index is 9.45. The van der Waals surface area contributed by atoms with Crippen molar-refractivity contribution in [1.82, 2.24) is 0 Å². The minimum absolute atomic E-state index is 0.455. The van der Waals surface area contributed by atoms with Gasteiger partial charge in [0.05, 0.1) is 23.3 Å². The van der Waals surface area contributed by atoms with Crippen LogP contribution in [0.1, 0.15) is 22.3 Å². The van der Waals surface area contributed by atoms with Crippen LogP contribution in [0.5, 0.6) is 5.75 Å². The predicted octanol–water partition coefficient (Wildman–Crippen LogP) is 5.85. The SMILES string of the molecule is N#C/C(=C/c1ccc(OCc2ccc(Cl)cc2)cc1)c1cccc(C#N)c1. The van der Waals surface area contributed by atoms with E-state index in [1.807, 2.05) is 54.6 Å². The fourth-order valence-electron chi connectivity index (χ4n) is 2.51. The van der Waals surface area contributed by atoms with E-state index in [-0.39, 0.29) is 0 Å². The number of halogens is 1. The molecule has 0 saturated heterocycles. The molecule has 3 nitrogen and oxygen atoms in total. The van der Waals surface area contributed by atoms with Gasteiger partial charge in [0.15, 0.2) is 0 Å². The van der Waals surface area contributed by atoms with Gasteiger partial charge in [-0.2, -0.15) is 10.5 Å². The zero-order valence-corrected chi connectivity index (χ0v) is 15.1. The van der Waals surface area contributed by atoms with Crippen molar-refractivity contribution in [1.29, 1.82) is 10.5 Å². The molecule has 0 aliphatic carbocycles. The Bertz CT molecular complexity index is 1040. The Kier molecular flexibility index (Phi) is 5.90. The van der Waals surface area contributed by atoms with E-state index in [2.05, 4.69) is 12.1 Å². The molecule has 0 radical (unpaired) electrons. The van der Waals surface area contributed by atoms with Crippen molar-refractivity contribution in [2.24, 2.45) is 0 Å². The monoisotopic (exact) mass is 370 g/mol. The number of nitriles is 2. The van der Waals surface area contributed by atoms with Crippen LogP contribution in [-0.4, -0.2) is 0 Å². The molecule has 0 atom stereocenters. The third-order valence-electron chi connectivity index (χ3n) is 3.93. The van der Waals surface area contributed by atoms with Crippen LogP contribution in [0.4, 0.5) is 0 Å². The first-order valence-corrected chi connectivity index (χ1v) is 8.65. The molecule has 0 N–H and O–H groups in total. The van der Waals surface area contributed by atoms with Crippen LogP contribution < -0.4 is 4.74 Å². The average Bonchev–Trinajstić information content (AvgIpc) is 2.72. The van der Waals surface area contributed by atoms with Gasteiger partial charge in [-0.1, -0.05) is 48.0 Å². The Morgan fingerprint density at radius 3 is 2.37 bits per heavy atom. The van der Waals surface area contributed by atoms with Crippen LogP contribution in [0.25, 0.3) is 11.6 Å². The Hall–Kier alpha value is -3.53. The van der Waals surface area contributed by atoms with Gasteiger partial charge in [-0.3, -0.25) is 0 Å². The summed E-state index contributed by atoms with van der Waals surface area (Å²) in [6.07, 6.45) is 1.79. The summed E-state index contributed by atoms with van der Waals surface area (Å²) in [5.41, 5.74) is 3.67. The molecule has 0 aliphatic rings. The molecule has 0 fully saturated rings. The van der Waals surface area contributed by atoms with E-state index < -0.39 is 0 Å². The first kappa shape index (κ1) is 18.3. The summed E-state index contributed by atoms with van der Waals surface area (Å²) in [5.74, 6) is 0.743. The second-order valence-electron chi connectivity index (χ2n) is 5.85. The predicted molar refractivity (Wildman–Crippen MR) is 107 cm³/mol. The standard InChI is InChI=1S/C23H15ClN2O/c24-22-8-4-18(5-9-22)16-27-23-10-6-17(7-11-23)12-21(15-26)20-3-1-2-19(13-20)14-25/h1-13H,16H2/b21-12-. The van der Waals surface area contributed by atoms with E-state index in [9.17, 15) is 5.26 Å². The Morgan fingerprint density at radius 2 is 1.70 bits per heavy atom. The van der Waals surface area contributed by atoms with Crippen LogP contribution in [0.2, 0.25) is 5.02 Å². The minimum Gasteiger partial charge on any atom is -0.489 e. The third kappa shape index (κ3) is 4.98. The van der Waals surface area contributed by atoms with Gasteiger partial charge in [-0.15, -0.1) is 0 Å². The summed E-state index contributed by atoms with van der Waals surface area (Å²) in [6.45, 7) is 0.455. The van der Waals surface area contributed by atoms with Crippen LogP contribution in [0.15, 0.2) is 72.8 Å². The highest BCUT2D eigenvalue weighted by Crippen LogP contribution is 2.21. The van der Waals surface area contributed by atoms with E-state index in [0.717, 1.165) is 22.4 Å². The zero-order chi connectivity index (χ0) is 19.1. The molecule has 3 aromatic carbocycles. The normalized spacial score (nSPS) is 10.7. The van der Waals surface area contributed by atoms with Crippen molar-refractivity contribution in [2.75, 3.05) is 0 Å². The van der Waals surface area contributed by atoms with E-state index in [1.54, 1.807) is 24.3 Å². The fourth-order valence-corrected chi connectivity index (χ4v) is 2.64. The molecule has 0 bridgehead atoms. The average molecular weight is 371 g/mol. The number of allylic oxidation sites excluding steroid dienone is 1. The highest BCUT2D eigenvalue weighted by atomic mass is 35.5. The topological polar surface area (TPSA) is 56.8 Å². The third-order valence-corrected chi connectivity index (χ3v) is 4.18. The molecule has 0 saturated carbocycles. The molecule has 0 spiro atoms. The van der Waals surface area contributed by atoms with Crippen LogP contribution in [-0.2, 0) is 6.61 Å². The number of rotatable bonds is 5. The Labute approximate surface area is 163 Å². The zero-order valence-electron chi connectivity index (χ0n) is 14.4. The lowest BCUT2D eigenvalue weighted by molar-refractivity contribution is 0.306. The quantitative estimate of drug-likeness (QED) is 0.417. The first-order chi connectivity index (χ1) is 13.2. The molecule has 0 heterocycles. The molecular weight excluding hydrogens is 356 g/mol. The number of benzene rings is 3. The Morgan fingerprint density at radius 1 is 0.963 bits per heavy atom. The molecule has 4 heteroatoms. The molecule has 3 aromatic rings. The van der Waals surface area contributed by atoms with Crippen LogP contribution >= 0.6 is 11.6 Å². The molecule has 3 rings (SSSR count). The maximum absolute atomic E-state index is 9.45. The molecule has 130 valence electrons. The molecule has 0 aromatic heterocycles. The lowest BCUT2D eigenvalue weighted by Crippen LogP contribution is -1.94. The van der Waals surface area contributed by atoms with Gasteiger partial charge in [-0.05, 0) is 59.2 Å². The summed E-state index contributed by atoms with van der Waals surface area (Å²) < 4.78 is 5.77. The van der Waals surface area contributed by atoms with Crippen molar-refractivity contribution in [3.63, 3.8) is 0 Å². The lowest BCUT2D eigenvalue weighted by Gasteiger charge is -2.07. The molecule has 0 aliphatic heterocycles. The van der Waals surface area contributed by atoms with Crippen molar-refractivity contribution < 1.29 is 4.74 Å². The van der Waals surface area contributed by atoms with Gasteiger partial charge in [-0.25, -0.2) is 0 Å². The van der Waals surface area contributed by atoms with Gasteiger partial charge >= 0.3 is 0 Å². The molecule has 0 unspecified atom stereocenters. The smallest absolute Gasteiger partial charge is 0.119 e. The molecule has 27 heavy (non-hydrogen) atoms. The molecular formula is C23H15ClN2O. The van der Waals surface area contributed by atoms with E-state index in [4.69, 9.17) is 21.6 Å².